The number of carbonyl (C=O) groups is 5. The van der Waals surface area contributed by atoms with Gasteiger partial charge < -0.3 is 26.4 Å². The Morgan fingerprint density at radius 2 is 1.74 bits per heavy atom. The van der Waals surface area contributed by atoms with Gasteiger partial charge in [-0.3, -0.25) is 28.9 Å². The number of piperidine rings is 1. The Balaban J connectivity index is 1.67. The summed E-state index contributed by atoms with van der Waals surface area (Å²) in [6, 6.07) is 7.93. The molecule has 0 spiro atoms. The van der Waals surface area contributed by atoms with Crippen molar-refractivity contribution in [2.24, 2.45) is 11.8 Å². The molecule has 5 atom stereocenters. The summed E-state index contributed by atoms with van der Waals surface area (Å²) < 4.78 is 0. The molecule has 0 saturated carbocycles. The second kappa shape index (κ2) is 17.7. The smallest absolute Gasteiger partial charge is 0.306 e. The van der Waals surface area contributed by atoms with Crippen molar-refractivity contribution in [3.8, 4) is 0 Å². The van der Waals surface area contributed by atoms with Crippen molar-refractivity contribution in [1.82, 2.24) is 31.2 Å². The summed E-state index contributed by atoms with van der Waals surface area (Å²) in [6.45, 7) is 7.62. The highest BCUT2D eigenvalue weighted by molar-refractivity contribution is 7.09. The molecule has 5 N–H and O–H groups in total. The summed E-state index contributed by atoms with van der Waals surface area (Å²) in [4.78, 5) is 69.1. The molecule has 4 amide bonds. The molecule has 0 bridgehead atoms. The molecule has 1 aliphatic heterocycles. The molecule has 2 aromatic rings. The Morgan fingerprint density at radius 1 is 1.02 bits per heavy atom. The molecule has 12 nitrogen and oxygen atoms in total. The van der Waals surface area contributed by atoms with Crippen LogP contribution in [0.1, 0.15) is 86.9 Å². The molecule has 252 valence electrons. The van der Waals surface area contributed by atoms with Crippen molar-refractivity contribution in [1.29, 1.82) is 0 Å². The van der Waals surface area contributed by atoms with Crippen LogP contribution in [0, 0.1) is 11.8 Å². The molecule has 0 radical (unpaired) electrons. The molecule has 46 heavy (non-hydrogen) atoms. The highest BCUT2D eigenvalue weighted by Crippen LogP contribution is 2.25. The lowest BCUT2D eigenvalue weighted by Gasteiger charge is -2.31. The highest BCUT2D eigenvalue weighted by atomic mass is 32.1. The first-order chi connectivity index (χ1) is 21.8. The molecule has 1 aromatic carbocycles. The van der Waals surface area contributed by atoms with Gasteiger partial charge in [0.2, 0.25) is 17.7 Å². The molecule has 5 unspecified atom stereocenters. The summed E-state index contributed by atoms with van der Waals surface area (Å²) in [5.41, 5.74) is 1.13. The number of rotatable bonds is 16. The fourth-order valence-electron chi connectivity index (χ4n) is 5.60. The summed E-state index contributed by atoms with van der Waals surface area (Å²) in [7, 11) is 1.91. The summed E-state index contributed by atoms with van der Waals surface area (Å²) in [5.74, 6) is -2.80. The molecule has 1 saturated heterocycles. The van der Waals surface area contributed by atoms with Gasteiger partial charge in [-0.15, -0.1) is 11.3 Å². The predicted octanol–water partition coefficient (Wildman–Crippen LogP) is 2.90. The molecule has 1 aliphatic rings. The second-order valence-corrected chi connectivity index (χ2v) is 13.4. The van der Waals surface area contributed by atoms with Crippen molar-refractivity contribution in [3.05, 3.63) is 52.0 Å². The van der Waals surface area contributed by atoms with Gasteiger partial charge in [0.25, 0.3) is 5.91 Å². The number of hydrogen-bond acceptors (Lipinski definition) is 8. The van der Waals surface area contributed by atoms with Gasteiger partial charge in [-0.05, 0) is 57.2 Å². The number of benzene rings is 1. The van der Waals surface area contributed by atoms with Crippen LogP contribution in [0.3, 0.4) is 0 Å². The third kappa shape index (κ3) is 11.5. The molecular weight excluding hydrogens is 608 g/mol. The van der Waals surface area contributed by atoms with E-state index in [0.717, 1.165) is 31.4 Å². The number of amides is 4. The van der Waals surface area contributed by atoms with Gasteiger partial charge in [0.15, 0.2) is 0 Å². The zero-order valence-electron chi connectivity index (χ0n) is 27.4. The molecule has 0 aliphatic carbocycles. The van der Waals surface area contributed by atoms with Gasteiger partial charge in [-0.25, -0.2) is 4.98 Å². The number of thiazole rings is 1. The standard InChI is InChI=1S/C33H48N6O6S/c1-20(2)25(37-29(41)18-34-31(43)28-13-9-10-14-39(28)5)17-26(35-22(4)40)32-38-27(19-46-32)30(42)36-24(15-21(3)33(44)45)16-23-11-7-6-8-12-23/h6-8,11-12,19-21,24-26,28H,9-10,13-18H2,1-5H3,(H,34,43)(H,35,40)(H,36,42)(H,37,41)(H,44,45). The largest absolute Gasteiger partial charge is 0.481 e. The lowest BCUT2D eigenvalue weighted by atomic mass is 9.96. The van der Waals surface area contributed by atoms with Crippen LogP contribution in [-0.4, -0.2) is 82.9 Å². The van der Waals surface area contributed by atoms with Crippen LogP contribution in [0.15, 0.2) is 35.7 Å². The van der Waals surface area contributed by atoms with Crippen LogP contribution in [0.4, 0.5) is 0 Å². The first kappa shape index (κ1) is 36.6. The fourth-order valence-corrected chi connectivity index (χ4v) is 6.46. The average Bonchev–Trinajstić information content (AvgIpc) is 3.50. The van der Waals surface area contributed by atoms with Crippen LogP contribution < -0.4 is 21.3 Å². The molecule has 13 heteroatoms. The van der Waals surface area contributed by atoms with Gasteiger partial charge in [0, 0.05) is 24.4 Å². The number of hydrogen-bond donors (Lipinski definition) is 5. The number of carbonyl (C=O) groups excluding carboxylic acids is 4. The topological polar surface area (TPSA) is 170 Å². The Morgan fingerprint density at radius 3 is 2.37 bits per heavy atom. The van der Waals surface area contributed by atoms with Gasteiger partial charge in [0.1, 0.15) is 10.7 Å². The van der Waals surface area contributed by atoms with Crippen LogP contribution >= 0.6 is 11.3 Å². The quantitative estimate of drug-likeness (QED) is 0.184. The Bertz CT molecular complexity index is 1330. The third-order valence-electron chi connectivity index (χ3n) is 8.29. The maximum absolute atomic E-state index is 13.3. The zero-order chi connectivity index (χ0) is 33.8. The summed E-state index contributed by atoms with van der Waals surface area (Å²) >= 11 is 1.23. The summed E-state index contributed by atoms with van der Waals surface area (Å²) in [5, 5.41) is 23.2. The summed E-state index contributed by atoms with van der Waals surface area (Å²) in [6.07, 6.45) is 3.83. The van der Waals surface area contributed by atoms with Crippen molar-refractivity contribution in [2.75, 3.05) is 20.1 Å². The molecule has 1 fully saturated rings. The Labute approximate surface area is 275 Å². The second-order valence-electron chi connectivity index (χ2n) is 12.5. The number of likely N-dealkylation sites (tertiary alicyclic amines) is 1. The lowest BCUT2D eigenvalue weighted by molar-refractivity contribution is -0.141. The molecule has 1 aromatic heterocycles. The average molecular weight is 657 g/mol. The molecular formula is C33H48N6O6S. The van der Waals surface area contributed by atoms with Crippen molar-refractivity contribution in [3.63, 3.8) is 0 Å². The van der Waals surface area contributed by atoms with E-state index in [1.54, 1.807) is 12.3 Å². The number of aromatic nitrogens is 1. The SMILES string of the molecule is CC(=O)NC(CC(NC(=O)CNC(=O)C1CCCCN1C)C(C)C)c1nc(C(=O)NC(Cc2ccccc2)CC(C)C(=O)O)cs1. The number of carboxylic acids is 1. The fraction of sp³-hybridized carbons (Fsp3) is 0.576. The molecule has 2 heterocycles. The van der Waals surface area contributed by atoms with E-state index < -0.39 is 29.9 Å². The number of nitrogens with zero attached hydrogens (tertiary/aromatic N) is 2. The van der Waals surface area contributed by atoms with E-state index in [-0.39, 0.29) is 54.4 Å². The van der Waals surface area contributed by atoms with Gasteiger partial charge in [-0.1, -0.05) is 57.5 Å². The van der Waals surface area contributed by atoms with E-state index in [0.29, 0.717) is 17.8 Å². The van der Waals surface area contributed by atoms with Crippen LogP contribution in [0.2, 0.25) is 0 Å². The van der Waals surface area contributed by atoms with E-state index >= 15 is 0 Å². The maximum Gasteiger partial charge on any atom is 0.306 e. The monoisotopic (exact) mass is 656 g/mol. The van der Waals surface area contributed by atoms with Crippen LogP contribution in [0.5, 0.6) is 0 Å². The number of nitrogens with one attached hydrogen (secondary N) is 4. The first-order valence-corrected chi connectivity index (χ1v) is 16.8. The van der Waals surface area contributed by atoms with E-state index in [4.69, 9.17) is 0 Å². The number of aliphatic carboxylic acids is 1. The number of likely N-dealkylation sites (N-methyl/N-ethyl adjacent to an activating group) is 1. The normalized spacial score (nSPS) is 17.7. The van der Waals surface area contributed by atoms with Crippen molar-refractivity contribution in [2.45, 2.75) is 90.4 Å². The minimum Gasteiger partial charge on any atom is -0.481 e. The zero-order valence-corrected chi connectivity index (χ0v) is 28.2. The Kier molecular flexibility index (Phi) is 14.1. The van der Waals surface area contributed by atoms with Crippen molar-refractivity contribution < 1.29 is 29.1 Å². The van der Waals surface area contributed by atoms with Gasteiger partial charge >= 0.3 is 5.97 Å². The van der Waals surface area contributed by atoms with E-state index in [2.05, 4.69) is 26.3 Å². The van der Waals surface area contributed by atoms with Crippen molar-refractivity contribution >= 4 is 40.9 Å². The van der Waals surface area contributed by atoms with Gasteiger partial charge in [0.05, 0.1) is 24.5 Å². The van der Waals surface area contributed by atoms with Gasteiger partial charge in [-0.2, -0.15) is 0 Å². The van der Waals surface area contributed by atoms with Crippen LogP contribution in [-0.2, 0) is 25.6 Å². The first-order valence-electron chi connectivity index (χ1n) is 15.9. The van der Waals surface area contributed by atoms with E-state index in [1.165, 1.54) is 18.3 Å². The molecule has 3 rings (SSSR count). The Hall–Kier alpha value is -3.84. The lowest BCUT2D eigenvalue weighted by Crippen LogP contribution is -2.51. The van der Waals surface area contributed by atoms with E-state index in [9.17, 15) is 29.1 Å². The van der Waals surface area contributed by atoms with E-state index in [1.807, 2.05) is 56.1 Å². The third-order valence-corrected chi connectivity index (χ3v) is 9.25. The highest BCUT2D eigenvalue weighted by Gasteiger charge is 2.29. The minimum absolute atomic E-state index is 0.00177. The van der Waals surface area contributed by atoms with Crippen LogP contribution in [0.25, 0.3) is 0 Å². The minimum atomic E-state index is -0.938. The maximum atomic E-state index is 13.3. The predicted molar refractivity (Wildman–Crippen MR) is 176 cm³/mol. The number of carboxylic acid groups (broad SMARTS) is 1.